The van der Waals surface area contributed by atoms with Crippen LogP contribution >= 0.6 is 11.6 Å². The summed E-state index contributed by atoms with van der Waals surface area (Å²) in [6.45, 7) is 6.34. The Balaban J connectivity index is 2.92. The minimum absolute atomic E-state index is 0.234. The van der Waals surface area contributed by atoms with Gasteiger partial charge in [0, 0.05) is 5.92 Å². The van der Waals surface area contributed by atoms with Crippen LogP contribution in [0.5, 0.6) is 0 Å². The molecule has 1 rings (SSSR count). The van der Waals surface area contributed by atoms with Crippen LogP contribution in [0.1, 0.15) is 40.0 Å². The molecule has 0 amide bonds. The van der Waals surface area contributed by atoms with Gasteiger partial charge in [-0.05, 0) is 24.7 Å². The van der Waals surface area contributed by atoms with Crippen LogP contribution in [0.25, 0.3) is 0 Å². The van der Waals surface area contributed by atoms with Gasteiger partial charge in [-0.1, -0.05) is 27.2 Å². The van der Waals surface area contributed by atoms with Crippen molar-refractivity contribution in [1.82, 2.24) is 0 Å². The lowest BCUT2D eigenvalue weighted by Crippen LogP contribution is -2.50. The van der Waals surface area contributed by atoms with Gasteiger partial charge in [-0.2, -0.15) is 0 Å². The molecular formula is C12H21ClO3. The van der Waals surface area contributed by atoms with E-state index in [9.17, 15) is 4.79 Å². The summed E-state index contributed by atoms with van der Waals surface area (Å²) in [4.78, 5) is 10.8. The lowest BCUT2D eigenvalue weighted by molar-refractivity contribution is -0.0876. The molecule has 0 spiro atoms. The largest absolute Gasteiger partial charge is 0.506 e. The standard InChI is InChI=1S/C12H21ClO3/c1-8(2)10-5-4-9(3)6-12(10,7-13)16-11(14)15/h8-10H,4-7H2,1-3H3,(H,14,15)/t9-,10+,12+/m1/s1. The van der Waals surface area contributed by atoms with Crippen molar-refractivity contribution in [2.45, 2.75) is 45.6 Å². The molecule has 0 saturated heterocycles. The Kier molecular flexibility index (Phi) is 4.48. The number of hydrogen-bond acceptors (Lipinski definition) is 2. The molecule has 1 aliphatic rings. The van der Waals surface area contributed by atoms with Gasteiger partial charge in [-0.15, -0.1) is 11.6 Å². The van der Waals surface area contributed by atoms with Gasteiger partial charge >= 0.3 is 6.16 Å². The van der Waals surface area contributed by atoms with E-state index in [2.05, 4.69) is 20.8 Å². The first kappa shape index (κ1) is 13.6. The van der Waals surface area contributed by atoms with Crippen molar-refractivity contribution in [2.75, 3.05) is 5.88 Å². The predicted octanol–water partition coefficient (Wildman–Crippen LogP) is 3.75. The number of hydrogen-bond donors (Lipinski definition) is 1. The molecular weight excluding hydrogens is 228 g/mol. The van der Waals surface area contributed by atoms with E-state index in [1.165, 1.54) is 0 Å². The van der Waals surface area contributed by atoms with E-state index >= 15 is 0 Å². The molecule has 0 aromatic heterocycles. The zero-order valence-corrected chi connectivity index (χ0v) is 11.0. The van der Waals surface area contributed by atoms with Gasteiger partial charge in [0.2, 0.25) is 0 Å². The van der Waals surface area contributed by atoms with Gasteiger partial charge in [-0.3, -0.25) is 0 Å². The average molecular weight is 249 g/mol. The van der Waals surface area contributed by atoms with Crippen LogP contribution in [-0.4, -0.2) is 22.7 Å². The van der Waals surface area contributed by atoms with Gasteiger partial charge in [-0.25, -0.2) is 4.79 Å². The van der Waals surface area contributed by atoms with Crippen LogP contribution < -0.4 is 0 Å². The van der Waals surface area contributed by atoms with Crippen LogP contribution in [0.2, 0.25) is 0 Å². The van der Waals surface area contributed by atoms with Crippen molar-refractivity contribution in [3.8, 4) is 0 Å². The Hall–Kier alpha value is -0.440. The SMILES string of the molecule is CC(C)[C@@H]1CC[C@@H](C)C[C@@]1(CCl)OC(=O)O. The maximum absolute atomic E-state index is 10.8. The third-order valence-electron chi connectivity index (χ3n) is 3.66. The summed E-state index contributed by atoms with van der Waals surface area (Å²) in [6.07, 6.45) is 1.66. The van der Waals surface area contributed by atoms with Crippen molar-refractivity contribution in [3.63, 3.8) is 0 Å². The van der Waals surface area contributed by atoms with Crippen molar-refractivity contribution in [3.05, 3.63) is 0 Å². The molecule has 1 aliphatic carbocycles. The Bertz CT molecular complexity index is 255. The van der Waals surface area contributed by atoms with Crippen LogP contribution in [0.3, 0.4) is 0 Å². The normalized spacial score (nSPS) is 35.1. The summed E-state index contributed by atoms with van der Waals surface area (Å²) >= 11 is 6.00. The topological polar surface area (TPSA) is 46.5 Å². The summed E-state index contributed by atoms with van der Waals surface area (Å²) in [5, 5.41) is 8.87. The van der Waals surface area contributed by atoms with Gasteiger partial charge < -0.3 is 9.84 Å². The van der Waals surface area contributed by atoms with Crippen LogP contribution in [0, 0.1) is 17.8 Å². The first-order chi connectivity index (χ1) is 7.41. The van der Waals surface area contributed by atoms with Crippen LogP contribution in [-0.2, 0) is 4.74 Å². The number of carboxylic acid groups (broad SMARTS) is 1. The fraction of sp³-hybridized carbons (Fsp3) is 0.917. The summed E-state index contributed by atoms with van der Waals surface area (Å²) in [7, 11) is 0. The van der Waals surface area contributed by atoms with E-state index in [0.717, 1.165) is 19.3 Å². The third-order valence-corrected chi connectivity index (χ3v) is 4.11. The number of ether oxygens (including phenoxy) is 1. The number of rotatable bonds is 3. The molecule has 0 aliphatic heterocycles. The number of halogens is 1. The van der Waals surface area contributed by atoms with Gasteiger partial charge in [0.05, 0.1) is 5.88 Å². The highest BCUT2D eigenvalue weighted by molar-refractivity contribution is 6.18. The summed E-state index contributed by atoms with van der Waals surface area (Å²) in [5.74, 6) is 1.36. The zero-order valence-electron chi connectivity index (χ0n) is 10.2. The molecule has 16 heavy (non-hydrogen) atoms. The molecule has 0 unspecified atom stereocenters. The fourth-order valence-electron chi connectivity index (χ4n) is 2.98. The first-order valence-electron chi connectivity index (χ1n) is 5.89. The second-order valence-electron chi connectivity index (χ2n) is 5.30. The van der Waals surface area contributed by atoms with Crippen molar-refractivity contribution < 1.29 is 14.6 Å². The van der Waals surface area contributed by atoms with Gasteiger partial charge in [0.25, 0.3) is 0 Å². The molecule has 94 valence electrons. The van der Waals surface area contributed by atoms with E-state index in [-0.39, 0.29) is 11.8 Å². The Morgan fingerprint density at radius 2 is 2.19 bits per heavy atom. The number of alkyl halides is 1. The maximum Gasteiger partial charge on any atom is 0.506 e. The van der Waals surface area contributed by atoms with Crippen LogP contribution in [0.15, 0.2) is 0 Å². The minimum Gasteiger partial charge on any atom is -0.450 e. The molecule has 1 N–H and O–H groups in total. The van der Waals surface area contributed by atoms with E-state index in [4.69, 9.17) is 21.4 Å². The van der Waals surface area contributed by atoms with E-state index in [0.29, 0.717) is 11.8 Å². The highest BCUT2D eigenvalue weighted by Crippen LogP contribution is 2.44. The van der Waals surface area contributed by atoms with Crippen LogP contribution in [0.4, 0.5) is 4.79 Å². The predicted molar refractivity (Wildman–Crippen MR) is 63.9 cm³/mol. The molecule has 4 heteroatoms. The monoisotopic (exact) mass is 248 g/mol. The highest BCUT2D eigenvalue weighted by atomic mass is 35.5. The van der Waals surface area contributed by atoms with Crippen molar-refractivity contribution in [2.24, 2.45) is 17.8 Å². The molecule has 3 nitrogen and oxygen atoms in total. The molecule has 0 heterocycles. The van der Waals surface area contributed by atoms with Crippen molar-refractivity contribution in [1.29, 1.82) is 0 Å². The average Bonchev–Trinajstić information content (AvgIpc) is 2.16. The lowest BCUT2D eigenvalue weighted by Gasteiger charge is -2.45. The quantitative estimate of drug-likeness (QED) is 0.611. The maximum atomic E-state index is 10.8. The minimum atomic E-state index is -1.21. The highest BCUT2D eigenvalue weighted by Gasteiger charge is 2.47. The Labute approximate surface area is 102 Å². The molecule has 0 aromatic rings. The van der Waals surface area contributed by atoms with Crippen molar-refractivity contribution >= 4 is 17.8 Å². The third kappa shape index (κ3) is 2.82. The number of carbonyl (C=O) groups is 1. The molecule has 0 radical (unpaired) electrons. The molecule has 0 bridgehead atoms. The summed E-state index contributed by atoms with van der Waals surface area (Å²) in [5.41, 5.74) is -0.681. The van der Waals surface area contributed by atoms with E-state index in [1.807, 2.05) is 0 Å². The van der Waals surface area contributed by atoms with Gasteiger partial charge in [0.1, 0.15) is 5.60 Å². The second-order valence-corrected chi connectivity index (χ2v) is 5.57. The van der Waals surface area contributed by atoms with Gasteiger partial charge in [0.15, 0.2) is 0 Å². The molecule has 1 fully saturated rings. The molecule has 0 aromatic carbocycles. The smallest absolute Gasteiger partial charge is 0.450 e. The lowest BCUT2D eigenvalue weighted by atomic mass is 9.67. The summed E-state index contributed by atoms with van der Waals surface area (Å²) in [6, 6.07) is 0. The summed E-state index contributed by atoms with van der Waals surface area (Å²) < 4.78 is 5.16. The fourth-order valence-corrected chi connectivity index (χ4v) is 3.35. The zero-order chi connectivity index (χ0) is 12.3. The molecule has 3 atom stereocenters. The second kappa shape index (κ2) is 5.26. The molecule has 1 saturated carbocycles. The van der Waals surface area contributed by atoms with E-state index < -0.39 is 11.8 Å². The first-order valence-corrected chi connectivity index (χ1v) is 6.42. The Morgan fingerprint density at radius 1 is 1.56 bits per heavy atom. The van der Waals surface area contributed by atoms with E-state index in [1.54, 1.807) is 0 Å². The Morgan fingerprint density at radius 3 is 2.62 bits per heavy atom.